The monoisotopic (exact) mass is 247 g/mol. The number of aliphatic hydroxyl groups excluding tert-OH is 1. The molecule has 0 bridgehead atoms. The summed E-state index contributed by atoms with van der Waals surface area (Å²) in [5, 5.41) is 13.6. The molecule has 15 heavy (non-hydrogen) atoms. The van der Waals surface area contributed by atoms with Crippen molar-refractivity contribution in [3.05, 3.63) is 10.0 Å². The van der Waals surface area contributed by atoms with Gasteiger partial charge in [0.25, 0.3) is 0 Å². The molecule has 1 aromatic heterocycles. The smallest absolute Gasteiger partial charge is 0.138 e. The minimum absolute atomic E-state index is 0.216. The fourth-order valence-electron chi connectivity index (χ4n) is 1.86. The lowest BCUT2D eigenvalue weighted by Gasteiger charge is -2.35. The van der Waals surface area contributed by atoms with Crippen molar-refractivity contribution < 1.29 is 5.11 Å². The number of aromatic nitrogens is 2. The Hall–Kier alpha value is -0.230. The van der Waals surface area contributed by atoms with Gasteiger partial charge in [-0.2, -0.15) is 0 Å². The number of likely N-dealkylation sites (tertiary alicyclic amines) is 1. The Morgan fingerprint density at radius 2 is 2.40 bits per heavy atom. The fraction of sp³-hybridized carbons (Fsp3) is 0.778. The number of β-amino-alcohol motifs (C(OH)–C–C–N with tert-alkyl or cyclic N) is 1. The highest BCUT2D eigenvalue weighted by Gasteiger charge is 2.25. The largest absolute Gasteiger partial charge is 0.392 e. The van der Waals surface area contributed by atoms with Crippen LogP contribution in [0, 0.1) is 0 Å². The molecule has 1 fully saturated rings. The predicted octanol–water partition coefficient (Wildman–Crippen LogP) is 1.54. The Morgan fingerprint density at radius 3 is 3.07 bits per heavy atom. The first kappa shape index (κ1) is 11.3. The van der Waals surface area contributed by atoms with Crippen LogP contribution in [-0.4, -0.2) is 38.3 Å². The molecule has 0 amide bonds. The van der Waals surface area contributed by atoms with Gasteiger partial charge in [-0.3, -0.25) is 4.90 Å². The lowest BCUT2D eigenvalue weighted by Crippen LogP contribution is -2.43. The molecule has 0 aliphatic carbocycles. The van der Waals surface area contributed by atoms with E-state index in [4.69, 9.17) is 11.6 Å². The van der Waals surface area contributed by atoms with E-state index in [-0.39, 0.29) is 6.10 Å². The SMILES string of the molecule is CC1CCC(O)CN1Cc1nnsc1Cl. The summed E-state index contributed by atoms with van der Waals surface area (Å²) in [6.45, 7) is 3.56. The normalized spacial score (nSPS) is 28.2. The van der Waals surface area contributed by atoms with E-state index in [1.807, 2.05) is 0 Å². The molecule has 2 rings (SSSR count). The zero-order valence-electron chi connectivity index (χ0n) is 8.56. The molecule has 1 aliphatic heterocycles. The number of hydrogen-bond acceptors (Lipinski definition) is 5. The van der Waals surface area contributed by atoms with Crippen molar-refractivity contribution in [2.24, 2.45) is 0 Å². The van der Waals surface area contributed by atoms with Crippen molar-refractivity contribution >= 4 is 23.1 Å². The summed E-state index contributed by atoms with van der Waals surface area (Å²) in [5.74, 6) is 0. The Bertz CT molecular complexity index is 333. The summed E-state index contributed by atoms with van der Waals surface area (Å²) < 4.78 is 4.46. The van der Waals surface area contributed by atoms with Gasteiger partial charge >= 0.3 is 0 Å². The number of nitrogens with zero attached hydrogens (tertiary/aromatic N) is 3. The molecule has 1 aromatic rings. The number of rotatable bonds is 2. The van der Waals surface area contributed by atoms with E-state index in [1.165, 1.54) is 11.5 Å². The molecular weight excluding hydrogens is 234 g/mol. The zero-order valence-corrected chi connectivity index (χ0v) is 10.1. The molecule has 0 saturated carbocycles. The summed E-state index contributed by atoms with van der Waals surface area (Å²) in [4.78, 5) is 2.21. The summed E-state index contributed by atoms with van der Waals surface area (Å²) in [7, 11) is 0. The van der Waals surface area contributed by atoms with Gasteiger partial charge in [0.1, 0.15) is 10.0 Å². The molecule has 2 unspecified atom stereocenters. The Balaban J connectivity index is 2.01. The van der Waals surface area contributed by atoms with Crippen molar-refractivity contribution in [3.63, 3.8) is 0 Å². The summed E-state index contributed by atoms with van der Waals surface area (Å²) in [6.07, 6.45) is 1.70. The molecule has 84 valence electrons. The van der Waals surface area contributed by atoms with Gasteiger partial charge in [0, 0.05) is 30.7 Å². The third kappa shape index (κ3) is 2.66. The van der Waals surface area contributed by atoms with Crippen LogP contribution >= 0.6 is 23.1 Å². The molecule has 2 heterocycles. The van der Waals surface area contributed by atoms with Gasteiger partial charge in [0.15, 0.2) is 0 Å². The van der Waals surface area contributed by atoms with Crippen LogP contribution in [0.2, 0.25) is 4.34 Å². The second-order valence-electron chi connectivity index (χ2n) is 4.00. The molecule has 6 heteroatoms. The highest BCUT2D eigenvalue weighted by atomic mass is 35.5. The average Bonchev–Trinajstić information content (AvgIpc) is 2.58. The fourth-order valence-corrected chi connectivity index (χ4v) is 2.47. The van der Waals surface area contributed by atoms with Crippen LogP contribution in [0.5, 0.6) is 0 Å². The highest BCUT2D eigenvalue weighted by molar-refractivity contribution is 7.10. The van der Waals surface area contributed by atoms with Crippen LogP contribution in [-0.2, 0) is 6.54 Å². The minimum Gasteiger partial charge on any atom is -0.392 e. The maximum Gasteiger partial charge on any atom is 0.138 e. The van der Waals surface area contributed by atoms with Crippen molar-refractivity contribution in [1.82, 2.24) is 14.5 Å². The van der Waals surface area contributed by atoms with E-state index >= 15 is 0 Å². The number of aliphatic hydroxyl groups is 1. The van der Waals surface area contributed by atoms with Crippen molar-refractivity contribution in [1.29, 1.82) is 0 Å². The van der Waals surface area contributed by atoms with E-state index in [2.05, 4.69) is 21.4 Å². The highest BCUT2D eigenvalue weighted by Crippen LogP contribution is 2.23. The van der Waals surface area contributed by atoms with E-state index in [1.54, 1.807) is 0 Å². The van der Waals surface area contributed by atoms with Gasteiger partial charge in [-0.15, -0.1) is 5.10 Å². The molecule has 0 aromatic carbocycles. The maximum atomic E-state index is 9.59. The van der Waals surface area contributed by atoms with Crippen LogP contribution in [0.4, 0.5) is 0 Å². The first-order chi connectivity index (χ1) is 7.16. The topological polar surface area (TPSA) is 49.2 Å². The standard InChI is InChI=1S/C9H14ClN3OS/c1-6-2-3-7(14)4-13(6)5-8-9(10)15-12-11-8/h6-7,14H,2-5H2,1H3. The summed E-state index contributed by atoms with van der Waals surface area (Å²) in [6, 6.07) is 0.478. The first-order valence-electron chi connectivity index (χ1n) is 5.05. The lowest BCUT2D eigenvalue weighted by atomic mass is 10.0. The van der Waals surface area contributed by atoms with E-state index < -0.39 is 0 Å². The zero-order chi connectivity index (χ0) is 10.8. The third-order valence-electron chi connectivity index (χ3n) is 2.85. The molecular formula is C9H14ClN3OS. The van der Waals surface area contributed by atoms with Gasteiger partial charge in [-0.05, 0) is 19.8 Å². The van der Waals surface area contributed by atoms with E-state index in [0.717, 1.165) is 18.5 Å². The quantitative estimate of drug-likeness (QED) is 0.861. The summed E-state index contributed by atoms with van der Waals surface area (Å²) in [5.41, 5.74) is 0.822. The molecule has 0 spiro atoms. The van der Waals surface area contributed by atoms with Crippen molar-refractivity contribution in [3.8, 4) is 0 Å². The maximum absolute atomic E-state index is 9.59. The molecule has 1 aliphatic rings. The number of hydrogen-bond donors (Lipinski definition) is 1. The minimum atomic E-state index is -0.216. The average molecular weight is 248 g/mol. The van der Waals surface area contributed by atoms with Gasteiger partial charge in [-0.1, -0.05) is 16.1 Å². The lowest BCUT2D eigenvalue weighted by molar-refractivity contribution is 0.0358. The van der Waals surface area contributed by atoms with Crippen LogP contribution < -0.4 is 0 Å². The Morgan fingerprint density at radius 1 is 1.60 bits per heavy atom. The van der Waals surface area contributed by atoms with Gasteiger partial charge in [-0.25, -0.2) is 0 Å². The van der Waals surface area contributed by atoms with Crippen LogP contribution in [0.25, 0.3) is 0 Å². The third-order valence-corrected chi connectivity index (χ3v) is 3.83. The molecule has 0 radical (unpaired) electrons. The van der Waals surface area contributed by atoms with Crippen molar-refractivity contribution in [2.45, 2.75) is 38.5 Å². The molecule has 2 atom stereocenters. The van der Waals surface area contributed by atoms with Crippen molar-refractivity contribution in [2.75, 3.05) is 6.54 Å². The first-order valence-corrected chi connectivity index (χ1v) is 6.21. The predicted molar refractivity (Wildman–Crippen MR) is 60.0 cm³/mol. The number of halogens is 1. The van der Waals surface area contributed by atoms with Crippen LogP contribution in [0.3, 0.4) is 0 Å². The van der Waals surface area contributed by atoms with Gasteiger partial charge in [0.2, 0.25) is 0 Å². The van der Waals surface area contributed by atoms with Gasteiger partial charge in [0.05, 0.1) is 6.10 Å². The molecule has 4 nitrogen and oxygen atoms in total. The Labute approximate surface area is 98.0 Å². The van der Waals surface area contributed by atoms with Gasteiger partial charge < -0.3 is 5.11 Å². The van der Waals surface area contributed by atoms with E-state index in [0.29, 0.717) is 23.5 Å². The molecule has 1 saturated heterocycles. The summed E-state index contributed by atoms with van der Waals surface area (Å²) >= 11 is 7.16. The second-order valence-corrected chi connectivity index (χ2v) is 5.36. The second kappa shape index (κ2) is 4.74. The van der Waals surface area contributed by atoms with Crippen LogP contribution in [0.15, 0.2) is 0 Å². The number of piperidine rings is 1. The van der Waals surface area contributed by atoms with Crippen LogP contribution in [0.1, 0.15) is 25.5 Å². The molecule has 1 N–H and O–H groups in total. The Kier molecular flexibility index (Phi) is 3.56. The van der Waals surface area contributed by atoms with E-state index in [9.17, 15) is 5.11 Å².